The van der Waals surface area contributed by atoms with E-state index in [4.69, 9.17) is 0 Å². The van der Waals surface area contributed by atoms with Crippen LogP contribution in [0.5, 0.6) is 0 Å². The fourth-order valence-electron chi connectivity index (χ4n) is 5.87. The molecular weight excluding hydrogens is 536 g/mol. The Morgan fingerprint density at radius 3 is 2.38 bits per heavy atom. The van der Waals surface area contributed by atoms with Crippen LogP contribution >= 0.6 is 0 Å². The van der Waals surface area contributed by atoms with Crippen molar-refractivity contribution in [2.24, 2.45) is 17.8 Å². The van der Waals surface area contributed by atoms with Crippen molar-refractivity contribution < 1.29 is 32.5 Å². The zero-order chi connectivity index (χ0) is 29.4. The Kier molecular flexibility index (Phi) is 11.4. The number of aliphatic hydroxyl groups is 1. The van der Waals surface area contributed by atoms with Crippen molar-refractivity contribution in [1.29, 1.82) is 0 Å². The summed E-state index contributed by atoms with van der Waals surface area (Å²) in [6.07, 6.45) is 5.30. The van der Waals surface area contributed by atoms with Gasteiger partial charge in [-0.1, -0.05) is 57.0 Å². The molecule has 5 N–H and O–H groups in total. The lowest BCUT2D eigenvalue weighted by atomic mass is 9.80. The zero-order valence-corrected chi connectivity index (χ0v) is 24.4. The molecule has 2 aliphatic rings. The van der Waals surface area contributed by atoms with E-state index in [1.165, 1.54) is 5.56 Å². The number of hydrogen-bond acceptors (Lipinski definition) is 6. The number of nitrogens with one attached hydrogen (secondary N) is 3. The van der Waals surface area contributed by atoms with Crippen LogP contribution in [0.3, 0.4) is 0 Å². The van der Waals surface area contributed by atoms with E-state index in [1.54, 1.807) is 11.9 Å². The van der Waals surface area contributed by atoms with E-state index >= 15 is 0 Å². The van der Waals surface area contributed by atoms with Crippen LogP contribution in [0.4, 0.5) is 4.79 Å². The van der Waals surface area contributed by atoms with Crippen molar-refractivity contribution in [1.82, 2.24) is 20.9 Å². The predicted molar refractivity (Wildman–Crippen MR) is 151 cm³/mol. The van der Waals surface area contributed by atoms with Gasteiger partial charge in [0, 0.05) is 25.6 Å². The number of benzene rings is 1. The molecule has 3 rings (SSSR count). The van der Waals surface area contributed by atoms with Gasteiger partial charge in [-0.25, -0.2) is 4.79 Å². The van der Waals surface area contributed by atoms with Crippen molar-refractivity contribution in [3.05, 3.63) is 35.9 Å². The summed E-state index contributed by atoms with van der Waals surface area (Å²) < 4.78 is 33.0. The summed E-state index contributed by atoms with van der Waals surface area (Å²) in [6.45, 7) is 4.18. The van der Waals surface area contributed by atoms with Gasteiger partial charge >= 0.3 is 6.03 Å². The van der Waals surface area contributed by atoms with Crippen LogP contribution in [0.1, 0.15) is 64.4 Å². The number of urea groups is 1. The maximum Gasteiger partial charge on any atom is 0.318 e. The minimum atomic E-state index is -4.93. The molecule has 40 heavy (non-hydrogen) atoms. The molecule has 6 atom stereocenters. The Morgan fingerprint density at radius 1 is 1.10 bits per heavy atom. The topological polar surface area (TPSA) is 165 Å². The summed E-state index contributed by atoms with van der Waals surface area (Å²) in [5, 5.41) is 18.3. The van der Waals surface area contributed by atoms with E-state index < -0.39 is 45.5 Å². The van der Waals surface area contributed by atoms with E-state index in [1.807, 2.05) is 32.0 Å². The van der Waals surface area contributed by atoms with Gasteiger partial charge in [0.1, 0.15) is 6.04 Å². The van der Waals surface area contributed by atoms with Crippen LogP contribution in [0.2, 0.25) is 0 Å². The Hall–Kier alpha value is -2.70. The second kappa shape index (κ2) is 14.3. The van der Waals surface area contributed by atoms with Gasteiger partial charge in [-0.05, 0) is 55.9 Å². The third kappa shape index (κ3) is 8.90. The molecule has 1 saturated carbocycles. The second-order valence-corrected chi connectivity index (χ2v) is 13.1. The van der Waals surface area contributed by atoms with Gasteiger partial charge in [0.15, 0.2) is 0 Å². The first-order valence-corrected chi connectivity index (χ1v) is 15.7. The predicted octanol–water partition coefficient (Wildman–Crippen LogP) is 2.06. The molecule has 12 heteroatoms. The highest BCUT2D eigenvalue weighted by Gasteiger charge is 2.38. The molecule has 0 bridgehead atoms. The van der Waals surface area contributed by atoms with Crippen LogP contribution in [-0.4, -0.2) is 78.0 Å². The summed E-state index contributed by atoms with van der Waals surface area (Å²) in [4.78, 5) is 40.6. The monoisotopic (exact) mass is 580 g/mol. The van der Waals surface area contributed by atoms with E-state index in [9.17, 15) is 32.5 Å². The molecule has 1 aromatic rings. The first-order valence-electron chi connectivity index (χ1n) is 14.2. The highest BCUT2D eigenvalue weighted by atomic mass is 32.2. The third-order valence-electron chi connectivity index (χ3n) is 8.03. The number of nitrogens with zero attached hydrogens (tertiary/aromatic N) is 1. The Bertz CT molecular complexity index is 1110. The smallest absolute Gasteiger partial charge is 0.318 e. The normalized spacial score (nSPS) is 23.6. The molecule has 1 aliphatic heterocycles. The van der Waals surface area contributed by atoms with Crippen molar-refractivity contribution in [2.45, 2.75) is 88.8 Å². The van der Waals surface area contributed by atoms with Gasteiger partial charge in [-0.15, -0.1) is 0 Å². The molecule has 1 heterocycles. The molecule has 2 fully saturated rings. The van der Waals surface area contributed by atoms with Crippen LogP contribution in [-0.2, 0) is 26.1 Å². The molecule has 1 aliphatic carbocycles. The Labute approximate surface area is 237 Å². The number of carbonyl (C=O) groups is 3. The van der Waals surface area contributed by atoms with Gasteiger partial charge in [0.05, 0.1) is 6.04 Å². The number of carbonyl (C=O) groups excluding carboxylic acids is 3. The number of amides is 4. The lowest BCUT2D eigenvalue weighted by molar-refractivity contribution is -0.126. The summed E-state index contributed by atoms with van der Waals surface area (Å²) in [6, 6.07) is 7.29. The zero-order valence-electron chi connectivity index (χ0n) is 23.6. The van der Waals surface area contributed by atoms with Gasteiger partial charge < -0.3 is 26.0 Å². The molecule has 0 aromatic heterocycles. The van der Waals surface area contributed by atoms with E-state index in [2.05, 4.69) is 28.1 Å². The fraction of sp³-hybridized carbons (Fsp3) is 0.679. The minimum Gasteiger partial charge on any atom is -0.374 e. The van der Waals surface area contributed by atoms with Gasteiger partial charge in [0.2, 0.25) is 17.3 Å². The fourth-order valence-corrected chi connectivity index (χ4v) is 6.47. The minimum absolute atomic E-state index is 0.00687. The van der Waals surface area contributed by atoms with Crippen molar-refractivity contribution in [3.63, 3.8) is 0 Å². The molecule has 0 spiro atoms. The average molecular weight is 581 g/mol. The highest BCUT2D eigenvalue weighted by molar-refractivity contribution is 7.86. The molecule has 3 unspecified atom stereocenters. The molecule has 0 radical (unpaired) electrons. The largest absolute Gasteiger partial charge is 0.374 e. The summed E-state index contributed by atoms with van der Waals surface area (Å²) in [5.74, 6) is -1.35. The van der Waals surface area contributed by atoms with Gasteiger partial charge in [-0.3, -0.25) is 14.1 Å². The quantitative estimate of drug-likeness (QED) is 0.236. The number of aliphatic hydroxyl groups excluding tert-OH is 1. The van der Waals surface area contributed by atoms with E-state index in [-0.39, 0.29) is 36.6 Å². The van der Waals surface area contributed by atoms with Crippen LogP contribution in [0.15, 0.2) is 30.3 Å². The van der Waals surface area contributed by atoms with Crippen molar-refractivity contribution in [3.8, 4) is 0 Å². The van der Waals surface area contributed by atoms with E-state index in [0.717, 1.165) is 32.1 Å². The first kappa shape index (κ1) is 31.8. The van der Waals surface area contributed by atoms with Crippen molar-refractivity contribution in [2.75, 3.05) is 13.6 Å². The average Bonchev–Trinajstić information content (AvgIpc) is 3.31. The number of hydrogen-bond donors (Lipinski definition) is 5. The maximum atomic E-state index is 13.4. The third-order valence-corrected chi connectivity index (χ3v) is 8.97. The first-order chi connectivity index (χ1) is 18.9. The van der Waals surface area contributed by atoms with Crippen LogP contribution in [0, 0.1) is 17.8 Å². The molecule has 1 saturated heterocycles. The van der Waals surface area contributed by atoms with Crippen LogP contribution in [0.25, 0.3) is 0 Å². The Morgan fingerprint density at radius 2 is 1.77 bits per heavy atom. The summed E-state index contributed by atoms with van der Waals surface area (Å²) >= 11 is 0. The maximum absolute atomic E-state index is 13.4. The van der Waals surface area contributed by atoms with Crippen molar-refractivity contribution >= 4 is 28.0 Å². The lowest BCUT2D eigenvalue weighted by Gasteiger charge is -2.39. The molecule has 224 valence electrons. The standard InChI is InChI=1S/C28H44N4O7S/c1-18(2)15-22(26(34)30-23(27(35)40(37,38)39)17-21-13-14-29-25(21)33)31-28(36)32(3)24-12-8-7-11-20(24)16-19-9-5-4-6-10-19/h4-6,9-10,18,20-24,27,35H,7-8,11-17H2,1-3H3,(H,29,33)(H,30,34)(H,31,36)(H,37,38,39)/t20?,21-,22-,23-,24?,27?/m0/s1. The van der Waals surface area contributed by atoms with Gasteiger partial charge in [-0.2, -0.15) is 8.42 Å². The van der Waals surface area contributed by atoms with Gasteiger partial charge in [0.25, 0.3) is 10.1 Å². The Balaban J connectivity index is 1.72. The lowest BCUT2D eigenvalue weighted by Crippen LogP contribution is -2.57. The summed E-state index contributed by atoms with van der Waals surface area (Å²) in [7, 11) is -3.19. The molecule has 11 nitrogen and oxygen atoms in total. The molecule has 4 amide bonds. The highest BCUT2D eigenvalue weighted by Crippen LogP contribution is 2.31. The second-order valence-electron chi connectivity index (χ2n) is 11.6. The van der Waals surface area contributed by atoms with E-state index in [0.29, 0.717) is 13.0 Å². The molecular formula is C28H44N4O7S. The SMILES string of the molecule is CC(C)C[C@H](NC(=O)N(C)C1CCCCC1Cc1ccccc1)C(=O)N[C@@H](C[C@@H]1CCNC1=O)C(O)S(=O)(=O)O. The number of rotatable bonds is 12. The van der Waals surface area contributed by atoms with Crippen LogP contribution < -0.4 is 16.0 Å². The summed E-state index contributed by atoms with van der Waals surface area (Å²) in [5.41, 5.74) is -1.10. The molecule has 1 aromatic carbocycles.